The highest BCUT2D eigenvalue weighted by atomic mass is 35.5. The van der Waals surface area contributed by atoms with E-state index in [4.69, 9.17) is 22.1 Å². The number of rotatable bonds is 21. The van der Waals surface area contributed by atoms with Gasteiger partial charge in [-0.05, 0) is 110 Å². The van der Waals surface area contributed by atoms with Gasteiger partial charge in [-0.25, -0.2) is 4.98 Å². The lowest BCUT2D eigenvalue weighted by Gasteiger charge is -2.40. The number of nitrogens with zero attached hydrogens (tertiary/aromatic N) is 3. The van der Waals surface area contributed by atoms with Crippen molar-refractivity contribution in [2.45, 2.75) is 154 Å². The number of nitrogens with two attached hydrogens (primary N) is 1. The van der Waals surface area contributed by atoms with Crippen LogP contribution in [0.1, 0.15) is 119 Å². The fraction of sp³-hybridized carbons (Fsp3) is 0.509. The van der Waals surface area contributed by atoms with Crippen LogP contribution < -0.4 is 31.3 Å². The third-order valence-corrected chi connectivity index (χ3v) is 15.1. The number of carbonyl (C=O) groups excluding carboxylic acids is 5. The van der Waals surface area contributed by atoms with E-state index in [9.17, 15) is 34.2 Å². The lowest BCUT2D eigenvalue weighted by Crippen LogP contribution is -2.60. The SMILES string of the molecule is Cc1ncsc1-c1ccc([C@H](C)NC(=O)[C@@H]2C[C@@H](O)CN2C(O)[C@@H](NC(=O)CCCCCc2cc(OC[C@H](CCC(N)=O)NC(=O)[C@@H]3Cc4cccc5c4N3C(=O)CCC5)ccc2Cl)C(C)(C)C)cc1. The molecule has 1 saturated heterocycles. The topological polar surface area (TPSA) is 217 Å². The lowest BCUT2D eigenvalue weighted by molar-refractivity contribution is -0.135. The van der Waals surface area contributed by atoms with Crippen LogP contribution in [0, 0.1) is 12.3 Å². The molecular weight excluding hydrogens is 930 g/mol. The number of aliphatic hydroxyl groups is 2. The number of hydrogen-bond donors (Lipinski definition) is 6. The number of carbonyl (C=O) groups is 5. The zero-order chi connectivity index (χ0) is 50.3. The van der Waals surface area contributed by atoms with Gasteiger partial charge in [-0.1, -0.05) is 81.3 Å². The normalized spacial score (nSPS) is 19.7. The minimum Gasteiger partial charge on any atom is -0.491 e. The van der Waals surface area contributed by atoms with Gasteiger partial charge in [0.15, 0.2) is 0 Å². The summed E-state index contributed by atoms with van der Waals surface area (Å²) in [5.74, 6) is -0.870. The largest absolute Gasteiger partial charge is 0.491 e. The van der Waals surface area contributed by atoms with E-state index in [-0.39, 0.29) is 68.5 Å². The molecule has 0 spiro atoms. The molecule has 1 aromatic heterocycles. The highest BCUT2D eigenvalue weighted by Crippen LogP contribution is 2.39. The van der Waals surface area contributed by atoms with E-state index in [0.717, 1.165) is 69.8 Å². The fourth-order valence-electron chi connectivity index (χ4n) is 9.91. The van der Waals surface area contributed by atoms with Crippen LogP contribution in [0.15, 0.2) is 66.2 Å². The maximum absolute atomic E-state index is 13.8. The van der Waals surface area contributed by atoms with E-state index < -0.39 is 47.8 Å². The van der Waals surface area contributed by atoms with Crippen LogP contribution in [0.5, 0.6) is 5.75 Å². The molecule has 3 aromatic carbocycles. The second-order valence-corrected chi connectivity index (χ2v) is 21.4. The van der Waals surface area contributed by atoms with Crippen LogP contribution in [-0.4, -0.2) is 99.3 Å². The predicted molar refractivity (Wildman–Crippen MR) is 271 cm³/mol. The quantitative estimate of drug-likeness (QED) is 0.0501. The van der Waals surface area contributed by atoms with Gasteiger partial charge in [-0.2, -0.15) is 0 Å². The first-order chi connectivity index (χ1) is 33.4. The minimum absolute atomic E-state index is 0.0423. The Morgan fingerprint density at radius 3 is 2.41 bits per heavy atom. The Hall–Kier alpha value is -5.39. The van der Waals surface area contributed by atoms with E-state index in [0.29, 0.717) is 36.5 Å². The van der Waals surface area contributed by atoms with E-state index in [2.05, 4.69) is 20.9 Å². The van der Waals surface area contributed by atoms with Crippen molar-refractivity contribution in [3.63, 3.8) is 0 Å². The Morgan fingerprint density at radius 1 is 0.957 bits per heavy atom. The Morgan fingerprint density at radius 2 is 1.70 bits per heavy atom. The summed E-state index contributed by atoms with van der Waals surface area (Å²) in [5.41, 5.74) is 13.4. The number of likely N-dealkylation sites (tertiary alicyclic amines) is 1. The Labute approximate surface area is 419 Å². The van der Waals surface area contributed by atoms with E-state index in [1.807, 2.05) is 88.7 Å². The van der Waals surface area contributed by atoms with Crippen LogP contribution in [0.25, 0.3) is 10.4 Å². The van der Waals surface area contributed by atoms with Crippen molar-refractivity contribution in [3.05, 3.63) is 99.1 Å². The molecule has 3 aliphatic rings. The Bertz CT molecular complexity index is 2510. The van der Waals surface area contributed by atoms with Crippen molar-refractivity contribution < 1.29 is 38.9 Å². The number of amides is 5. The first kappa shape index (κ1) is 52.4. The predicted octanol–water partition coefficient (Wildman–Crippen LogP) is 6.46. The van der Waals surface area contributed by atoms with Crippen molar-refractivity contribution in [2.24, 2.45) is 11.1 Å². The smallest absolute Gasteiger partial charge is 0.243 e. The molecule has 0 bridgehead atoms. The standard InChI is InChI=1S/C53H68ClN7O8S/c1-31(33-17-19-35(20-18-33)48-32(2)56-30-70-48)57-50(66)42-27-39(62)28-60(42)52(68)49(53(3,4)5)59-45(64)15-8-6-7-11-36-25-40(22-23-41(36)54)69-29-38(21-24-44(55)63)58-51(67)43-26-37-14-9-12-34-13-10-16-46(65)61(43)47(34)37/h9,12,14,17-20,22-23,25,30-31,38-39,42-43,49,52,62,68H,6-8,10-11,13,15-16,21,24,26-29H2,1-5H3,(H2,55,63)(H,57,66)(H,58,67)(H,59,64)/t31-,38-,39+,42-,43-,49+,52?/m0/s1. The molecule has 7 rings (SSSR count). The summed E-state index contributed by atoms with van der Waals surface area (Å²) in [6, 6.07) is 16.2. The minimum atomic E-state index is -1.24. The monoisotopic (exact) mass is 997 g/mol. The van der Waals surface area contributed by atoms with Gasteiger partial charge >= 0.3 is 0 Å². The Kier molecular flexibility index (Phi) is 17.4. The molecule has 0 radical (unpaired) electrons. The number of primary amides is 1. The number of aryl methyl sites for hydroxylation is 3. The molecule has 0 saturated carbocycles. The molecule has 4 heterocycles. The maximum atomic E-state index is 13.8. The number of para-hydroxylation sites is 1. The van der Waals surface area contributed by atoms with Gasteiger partial charge in [0.05, 0.1) is 52.0 Å². The molecule has 376 valence electrons. The van der Waals surface area contributed by atoms with Crippen molar-refractivity contribution in [2.75, 3.05) is 18.1 Å². The second-order valence-electron chi connectivity index (χ2n) is 20.1. The number of anilines is 1. The summed E-state index contributed by atoms with van der Waals surface area (Å²) < 4.78 is 6.18. The molecule has 7 atom stereocenters. The number of unbranched alkanes of at least 4 members (excludes halogenated alkanes) is 2. The molecule has 4 aromatic rings. The molecule has 70 heavy (non-hydrogen) atoms. The van der Waals surface area contributed by atoms with Gasteiger partial charge in [0.1, 0.15) is 24.6 Å². The molecule has 5 amide bonds. The first-order valence-corrected chi connectivity index (χ1v) is 25.8. The van der Waals surface area contributed by atoms with E-state index >= 15 is 0 Å². The molecule has 3 aliphatic heterocycles. The van der Waals surface area contributed by atoms with E-state index in [1.165, 1.54) is 0 Å². The Balaban J connectivity index is 0.881. The van der Waals surface area contributed by atoms with Gasteiger partial charge in [-0.3, -0.25) is 33.8 Å². The zero-order valence-electron chi connectivity index (χ0n) is 40.8. The van der Waals surface area contributed by atoms with Crippen LogP contribution in [0.2, 0.25) is 5.02 Å². The highest BCUT2D eigenvalue weighted by Gasteiger charge is 2.45. The third kappa shape index (κ3) is 12.9. The average molecular weight is 999 g/mol. The average Bonchev–Trinajstić information content (AvgIpc) is 4.02. The van der Waals surface area contributed by atoms with Crippen LogP contribution in [-0.2, 0) is 43.2 Å². The van der Waals surface area contributed by atoms with Crippen LogP contribution in [0.4, 0.5) is 5.69 Å². The van der Waals surface area contributed by atoms with Crippen molar-refractivity contribution in [1.29, 1.82) is 0 Å². The highest BCUT2D eigenvalue weighted by molar-refractivity contribution is 7.13. The summed E-state index contributed by atoms with van der Waals surface area (Å²) in [7, 11) is 0. The van der Waals surface area contributed by atoms with Gasteiger partial charge in [0, 0.05) is 37.3 Å². The number of aliphatic hydroxyl groups excluding tert-OH is 2. The number of halogens is 1. The third-order valence-electron chi connectivity index (χ3n) is 13.8. The molecular formula is C53H68ClN7O8S. The fourth-order valence-corrected chi connectivity index (χ4v) is 10.9. The van der Waals surface area contributed by atoms with Gasteiger partial charge in [0.2, 0.25) is 29.5 Å². The number of benzene rings is 3. The molecule has 1 unspecified atom stereocenters. The van der Waals surface area contributed by atoms with Gasteiger partial charge in [0.25, 0.3) is 0 Å². The first-order valence-electron chi connectivity index (χ1n) is 24.5. The number of ether oxygens (including phenoxy) is 1. The summed E-state index contributed by atoms with van der Waals surface area (Å²) in [6.45, 7) is 9.78. The number of nitrogens with one attached hydrogen (secondary N) is 3. The molecule has 0 aliphatic carbocycles. The second kappa shape index (κ2) is 23.2. The summed E-state index contributed by atoms with van der Waals surface area (Å²) >= 11 is 8.20. The van der Waals surface area contributed by atoms with Crippen molar-refractivity contribution in [1.82, 2.24) is 25.8 Å². The van der Waals surface area contributed by atoms with Gasteiger partial charge in [-0.15, -0.1) is 11.3 Å². The van der Waals surface area contributed by atoms with Gasteiger partial charge < -0.3 is 36.6 Å². The number of hydrogen-bond acceptors (Lipinski definition) is 11. The number of thiazole rings is 1. The van der Waals surface area contributed by atoms with Crippen LogP contribution >= 0.6 is 22.9 Å². The zero-order valence-corrected chi connectivity index (χ0v) is 42.4. The maximum Gasteiger partial charge on any atom is 0.243 e. The molecule has 17 heteroatoms. The van der Waals surface area contributed by atoms with Crippen molar-refractivity contribution in [3.8, 4) is 16.2 Å². The number of β-amino-alcohol motifs (C(OH)–C–C–N with tert-alkyl or cyclic N) is 1. The van der Waals surface area contributed by atoms with E-state index in [1.54, 1.807) is 33.3 Å². The van der Waals surface area contributed by atoms with Crippen LogP contribution in [0.3, 0.4) is 0 Å². The molecule has 15 nitrogen and oxygen atoms in total. The molecule has 1 fully saturated rings. The summed E-state index contributed by atoms with van der Waals surface area (Å²) in [5, 5.41) is 32.3. The summed E-state index contributed by atoms with van der Waals surface area (Å²) in [6.07, 6.45) is 3.56. The number of aromatic nitrogens is 1. The molecule has 7 N–H and O–H groups in total. The van der Waals surface area contributed by atoms with Crippen molar-refractivity contribution >= 4 is 58.2 Å². The lowest BCUT2D eigenvalue weighted by atomic mass is 9.84. The summed E-state index contributed by atoms with van der Waals surface area (Å²) in [4.78, 5) is 74.8.